The summed E-state index contributed by atoms with van der Waals surface area (Å²) in [5.41, 5.74) is 1.29. The topological polar surface area (TPSA) is 58.4 Å². The van der Waals surface area contributed by atoms with Gasteiger partial charge in [0.25, 0.3) is 0 Å². The monoisotopic (exact) mass is 325 g/mol. The highest BCUT2D eigenvalue weighted by Gasteiger charge is 2.41. The molecule has 1 aliphatic heterocycles. The first-order chi connectivity index (χ1) is 10.4. The number of piperidine rings is 1. The van der Waals surface area contributed by atoms with Gasteiger partial charge in [-0.1, -0.05) is 24.6 Å². The van der Waals surface area contributed by atoms with E-state index in [0.717, 1.165) is 30.6 Å². The normalized spacial score (nSPS) is 22.7. The second-order valence-corrected chi connectivity index (χ2v) is 6.44. The molecule has 0 spiro atoms. The van der Waals surface area contributed by atoms with Crippen LogP contribution in [0.25, 0.3) is 0 Å². The van der Waals surface area contributed by atoms with Crippen LogP contribution in [-0.2, 0) is 24.8 Å². The lowest BCUT2D eigenvalue weighted by molar-refractivity contribution is -0.152. The van der Waals surface area contributed by atoms with Gasteiger partial charge in [0.1, 0.15) is 5.15 Å². The molecule has 122 valence electrons. The minimum absolute atomic E-state index is 0.500. The van der Waals surface area contributed by atoms with Gasteiger partial charge in [-0.3, -0.25) is 14.4 Å². The Morgan fingerprint density at radius 1 is 1.59 bits per heavy atom. The van der Waals surface area contributed by atoms with Gasteiger partial charge in [0.15, 0.2) is 0 Å². The van der Waals surface area contributed by atoms with Crippen molar-refractivity contribution in [2.75, 3.05) is 13.1 Å². The Morgan fingerprint density at radius 2 is 2.32 bits per heavy atom. The van der Waals surface area contributed by atoms with Crippen LogP contribution in [0.4, 0.5) is 0 Å². The molecule has 5 nitrogen and oxygen atoms in total. The molecule has 0 radical (unpaired) electrons. The molecule has 1 aliphatic rings. The lowest BCUT2D eigenvalue weighted by Crippen LogP contribution is -2.47. The number of hydrogen-bond donors (Lipinski definition) is 1. The van der Waals surface area contributed by atoms with Crippen molar-refractivity contribution in [2.24, 2.45) is 12.5 Å². The number of carboxylic acid groups (broad SMARTS) is 1. The number of rotatable bonds is 6. The molecule has 0 aromatic carbocycles. The van der Waals surface area contributed by atoms with E-state index >= 15 is 0 Å². The predicted octanol–water partition coefficient (Wildman–Crippen LogP) is 2.88. The molecule has 1 aromatic rings. The molecule has 0 saturated carbocycles. The maximum Gasteiger partial charge on any atom is 0.311 e. The first kappa shape index (κ1) is 17.0. The summed E-state index contributed by atoms with van der Waals surface area (Å²) in [7, 11) is 1.83. The summed E-state index contributed by atoms with van der Waals surface area (Å²) in [6, 6.07) is 0. The van der Waals surface area contributed by atoms with Crippen molar-refractivity contribution in [1.82, 2.24) is 14.7 Å². The number of hydrogen-bond acceptors (Lipinski definition) is 3. The Balaban J connectivity index is 2.20. The van der Waals surface area contributed by atoms with Gasteiger partial charge >= 0.3 is 5.97 Å². The van der Waals surface area contributed by atoms with Crippen molar-refractivity contribution in [1.29, 1.82) is 0 Å². The summed E-state index contributed by atoms with van der Waals surface area (Å²) in [6.07, 6.45) is 4.61. The molecule has 1 N–H and O–H groups in total. The van der Waals surface area contributed by atoms with Gasteiger partial charge in [-0.15, -0.1) is 6.58 Å². The van der Waals surface area contributed by atoms with Crippen molar-refractivity contribution < 1.29 is 9.90 Å². The number of aryl methyl sites for hydroxylation is 2. The molecule has 1 unspecified atom stereocenters. The Hall–Kier alpha value is -1.33. The first-order valence-corrected chi connectivity index (χ1v) is 8.08. The average Bonchev–Trinajstić information content (AvgIpc) is 2.75. The highest BCUT2D eigenvalue weighted by Crippen LogP contribution is 2.35. The van der Waals surface area contributed by atoms with Gasteiger partial charge in [-0.25, -0.2) is 0 Å². The fourth-order valence-corrected chi connectivity index (χ4v) is 3.54. The van der Waals surface area contributed by atoms with E-state index in [1.165, 1.54) is 0 Å². The second-order valence-electron chi connectivity index (χ2n) is 6.09. The fourth-order valence-electron chi connectivity index (χ4n) is 3.33. The number of likely N-dealkylation sites (tertiary alicyclic amines) is 1. The van der Waals surface area contributed by atoms with E-state index in [4.69, 9.17) is 11.6 Å². The van der Waals surface area contributed by atoms with Crippen LogP contribution in [0.5, 0.6) is 0 Å². The van der Waals surface area contributed by atoms with Crippen LogP contribution in [-0.4, -0.2) is 38.8 Å². The molecule has 0 aliphatic carbocycles. The molecular formula is C16H24ClN3O2. The third-order valence-corrected chi connectivity index (χ3v) is 4.99. The van der Waals surface area contributed by atoms with Gasteiger partial charge < -0.3 is 5.11 Å². The Kier molecular flexibility index (Phi) is 5.29. The van der Waals surface area contributed by atoms with E-state index in [2.05, 4.69) is 23.5 Å². The summed E-state index contributed by atoms with van der Waals surface area (Å²) in [5.74, 6) is -0.731. The number of carboxylic acids is 1. The quantitative estimate of drug-likeness (QED) is 0.817. The first-order valence-electron chi connectivity index (χ1n) is 7.70. The molecule has 0 amide bonds. The summed E-state index contributed by atoms with van der Waals surface area (Å²) in [5, 5.41) is 14.7. The Bertz CT molecular complexity index is 570. The third-order valence-electron chi connectivity index (χ3n) is 4.51. The van der Waals surface area contributed by atoms with Crippen LogP contribution < -0.4 is 0 Å². The molecule has 22 heavy (non-hydrogen) atoms. The zero-order valence-electron chi connectivity index (χ0n) is 13.3. The van der Waals surface area contributed by atoms with Gasteiger partial charge in [-0.2, -0.15) is 5.10 Å². The molecule has 1 fully saturated rings. The van der Waals surface area contributed by atoms with Crippen molar-refractivity contribution in [3.05, 3.63) is 29.1 Å². The van der Waals surface area contributed by atoms with Gasteiger partial charge in [0.2, 0.25) is 0 Å². The molecule has 0 bridgehead atoms. The van der Waals surface area contributed by atoms with Gasteiger partial charge in [0.05, 0.1) is 11.1 Å². The fraction of sp³-hybridized carbons (Fsp3) is 0.625. The smallest absolute Gasteiger partial charge is 0.311 e. The van der Waals surface area contributed by atoms with Crippen molar-refractivity contribution in [3.8, 4) is 0 Å². The lowest BCUT2D eigenvalue weighted by Gasteiger charge is -2.39. The van der Waals surface area contributed by atoms with E-state index in [1.807, 2.05) is 7.05 Å². The minimum atomic E-state index is -0.731. The van der Waals surface area contributed by atoms with Crippen LogP contribution in [0.2, 0.25) is 5.15 Å². The number of nitrogens with zero attached hydrogens (tertiary/aromatic N) is 3. The van der Waals surface area contributed by atoms with Crippen LogP contribution >= 0.6 is 11.6 Å². The number of aromatic nitrogens is 2. The summed E-state index contributed by atoms with van der Waals surface area (Å²) < 4.78 is 1.69. The van der Waals surface area contributed by atoms with Crippen molar-refractivity contribution in [2.45, 2.75) is 39.2 Å². The lowest BCUT2D eigenvalue weighted by atomic mass is 9.77. The van der Waals surface area contributed by atoms with Gasteiger partial charge in [0, 0.05) is 25.7 Å². The largest absolute Gasteiger partial charge is 0.481 e. The molecule has 2 heterocycles. The Labute approximate surface area is 136 Å². The minimum Gasteiger partial charge on any atom is -0.481 e. The standard InChI is InChI=1S/C16H24ClN3O2/c1-4-7-16(15(21)22)8-6-9-20(11-16)10-12-13(5-2)18-19(3)14(12)17/h4H,1,5-11H2,2-3H3,(H,21,22). The highest BCUT2D eigenvalue weighted by atomic mass is 35.5. The molecule has 1 aromatic heterocycles. The molecule has 2 rings (SSSR count). The average molecular weight is 326 g/mol. The van der Waals surface area contributed by atoms with E-state index < -0.39 is 11.4 Å². The van der Waals surface area contributed by atoms with Crippen LogP contribution in [0.1, 0.15) is 37.4 Å². The number of allylic oxidation sites excluding steroid dienone is 1. The summed E-state index contributed by atoms with van der Waals surface area (Å²) >= 11 is 6.35. The Morgan fingerprint density at radius 3 is 2.91 bits per heavy atom. The zero-order chi connectivity index (χ0) is 16.3. The number of aliphatic carboxylic acids is 1. The maximum absolute atomic E-state index is 11.7. The number of halogens is 1. The van der Waals surface area contributed by atoms with E-state index in [-0.39, 0.29) is 0 Å². The molecule has 1 atom stereocenters. The van der Waals surface area contributed by atoms with Crippen LogP contribution in [0.15, 0.2) is 12.7 Å². The van der Waals surface area contributed by atoms with Crippen LogP contribution in [0.3, 0.4) is 0 Å². The van der Waals surface area contributed by atoms with Gasteiger partial charge in [-0.05, 0) is 32.2 Å². The maximum atomic E-state index is 11.7. The highest BCUT2D eigenvalue weighted by molar-refractivity contribution is 6.30. The second kappa shape index (κ2) is 6.84. The van der Waals surface area contributed by atoms with Crippen molar-refractivity contribution in [3.63, 3.8) is 0 Å². The number of carbonyl (C=O) groups is 1. The van der Waals surface area contributed by atoms with Crippen LogP contribution in [0, 0.1) is 5.41 Å². The van der Waals surface area contributed by atoms with E-state index in [1.54, 1.807) is 10.8 Å². The molecule has 1 saturated heterocycles. The third kappa shape index (κ3) is 3.20. The SMILES string of the molecule is C=CCC1(C(=O)O)CCCN(Cc2c(CC)nn(C)c2Cl)C1. The van der Waals surface area contributed by atoms with E-state index in [9.17, 15) is 9.90 Å². The predicted molar refractivity (Wildman–Crippen MR) is 87.0 cm³/mol. The zero-order valence-corrected chi connectivity index (χ0v) is 14.1. The van der Waals surface area contributed by atoms with Crippen molar-refractivity contribution >= 4 is 17.6 Å². The summed E-state index contributed by atoms with van der Waals surface area (Å²) in [6.45, 7) is 7.85. The summed E-state index contributed by atoms with van der Waals surface area (Å²) in [4.78, 5) is 13.9. The molecular weight excluding hydrogens is 302 g/mol. The van der Waals surface area contributed by atoms with E-state index in [0.29, 0.717) is 31.1 Å². The molecule has 6 heteroatoms.